The molecule has 1 heterocycles. The molecule has 0 radical (unpaired) electrons. The Morgan fingerprint density at radius 3 is 2.58 bits per heavy atom. The fourth-order valence-corrected chi connectivity index (χ4v) is 3.79. The van der Waals surface area contributed by atoms with Gasteiger partial charge in [-0.2, -0.15) is 0 Å². The summed E-state index contributed by atoms with van der Waals surface area (Å²) in [6, 6.07) is 7.43. The highest BCUT2D eigenvalue weighted by atomic mass is 79.9. The van der Waals surface area contributed by atoms with Crippen molar-refractivity contribution in [3.05, 3.63) is 49.6 Å². The third kappa shape index (κ3) is 4.45. The van der Waals surface area contributed by atoms with Crippen molar-refractivity contribution in [1.82, 2.24) is 0 Å². The zero-order chi connectivity index (χ0) is 17.9. The predicted octanol–water partition coefficient (Wildman–Crippen LogP) is 4.87. The van der Waals surface area contributed by atoms with Gasteiger partial charge in [0.25, 0.3) is 5.91 Å². The van der Waals surface area contributed by atoms with Gasteiger partial charge in [-0.25, -0.2) is 4.79 Å². The molecule has 1 atom stereocenters. The van der Waals surface area contributed by atoms with Crippen LogP contribution in [0.1, 0.15) is 39.5 Å². The third-order valence-electron chi connectivity index (χ3n) is 3.58. The number of carbonyl (C=O) groups is 2. The molecule has 2 rings (SSSR count). The maximum atomic E-state index is 12.2. The maximum Gasteiger partial charge on any atom is 0.349 e. The van der Waals surface area contributed by atoms with Gasteiger partial charge in [0, 0.05) is 9.35 Å². The molecule has 1 N–H and O–H groups in total. The van der Waals surface area contributed by atoms with Crippen molar-refractivity contribution in [3.8, 4) is 0 Å². The van der Waals surface area contributed by atoms with Crippen LogP contribution in [-0.4, -0.2) is 18.0 Å². The van der Waals surface area contributed by atoms with Gasteiger partial charge in [-0.3, -0.25) is 4.79 Å². The van der Waals surface area contributed by atoms with Crippen LogP contribution in [0.4, 0.5) is 5.69 Å². The van der Waals surface area contributed by atoms with Crippen LogP contribution in [0.5, 0.6) is 0 Å². The summed E-state index contributed by atoms with van der Waals surface area (Å²) in [5.74, 6) is -0.828. The molecule has 0 saturated heterocycles. The average Bonchev–Trinajstić information content (AvgIpc) is 2.91. The Hall–Kier alpha value is -1.66. The number of rotatable bonds is 5. The Bertz CT molecular complexity index is 770. The molecule has 6 heteroatoms. The summed E-state index contributed by atoms with van der Waals surface area (Å²) in [5.41, 5.74) is 2.81. The lowest BCUT2D eigenvalue weighted by atomic mass is 10.2. The van der Waals surface area contributed by atoms with Gasteiger partial charge in [-0.1, -0.05) is 13.0 Å². The molecule has 0 spiro atoms. The van der Waals surface area contributed by atoms with Crippen LogP contribution in [0.15, 0.2) is 28.7 Å². The van der Waals surface area contributed by atoms with Gasteiger partial charge in [0.05, 0.1) is 5.69 Å². The topological polar surface area (TPSA) is 55.4 Å². The number of anilines is 1. The van der Waals surface area contributed by atoms with Gasteiger partial charge in [0.15, 0.2) is 6.10 Å². The minimum atomic E-state index is -0.877. The Labute approximate surface area is 154 Å². The van der Waals surface area contributed by atoms with Crippen molar-refractivity contribution in [3.63, 3.8) is 0 Å². The number of thiophene rings is 1. The number of halogens is 1. The van der Waals surface area contributed by atoms with Gasteiger partial charge in [0.1, 0.15) is 4.88 Å². The summed E-state index contributed by atoms with van der Waals surface area (Å²) in [5, 5.41) is 2.76. The van der Waals surface area contributed by atoms with Gasteiger partial charge in [0.2, 0.25) is 0 Å². The predicted molar refractivity (Wildman–Crippen MR) is 101 cm³/mol. The quantitative estimate of drug-likeness (QED) is 0.716. The first-order valence-corrected chi connectivity index (χ1v) is 9.30. The van der Waals surface area contributed by atoms with E-state index >= 15 is 0 Å². The largest absolute Gasteiger partial charge is 0.448 e. The van der Waals surface area contributed by atoms with Gasteiger partial charge in [-0.15, -0.1) is 11.3 Å². The summed E-state index contributed by atoms with van der Waals surface area (Å²) in [6.45, 7) is 7.55. The summed E-state index contributed by atoms with van der Waals surface area (Å²) in [6.07, 6.45) is -0.000420. The lowest BCUT2D eigenvalue weighted by Crippen LogP contribution is -2.29. The minimum absolute atomic E-state index is 0.364. The number of benzene rings is 1. The van der Waals surface area contributed by atoms with E-state index in [0.29, 0.717) is 10.6 Å². The first kappa shape index (κ1) is 18.7. The molecule has 0 aliphatic heterocycles. The van der Waals surface area contributed by atoms with Crippen LogP contribution in [-0.2, 0) is 16.0 Å². The van der Waals surface area contributed by atoms with Crippen molar-refractivity contribution in [1.29, 1.82) is 0 Å². The van der Waals surface area contributed by atoms with Crippen LogP contribution in [0.25, 0.3) is 0 Å². The Balaban J connectivity index is 2.01. The lowest BCUT2D eigenvalue weighted by molar-refractivity contribution is -0.123. The highest BCUT2D eigenvalue weighted by Gasteiger charge is 2.21. The van der Waals surface area contributed by atoms with E-state index in [0.717, 1.165) is 26.9 Å². The Morgan fingerprint density at radius 1 is 1.29 bits per heavy atom. The lowest BCUT2D eigenvalue weighted by Gasteiger charge is -2.14. The number of hydrogen-bond donors (Lipinski definition) is 1. The number of esters is 1. The van der Waals surface area contributed by atoms with Crippen molar-refractivity contribution in [2.24, 2.45) is 0 Å². The van der Waals surface area contributed by atoms with E-state index < -0.39 is 12.1 Å². The number of amides is 1. The molecule has 1 aromatic carbocycles. The van der Waals surface area contributed by atoms with E-state index in [4.69, 9.17) is 4.74 Å². The first-order chi connectivity index (χ1) is 11.3. The normalized spacial score (nSPS) is 11.9. The second-order valence-corrected chi connectivity index (χ2v) is 7.58. The monoisotopic (exact) mass is 409 g/mol. The fourth-order valence-electron chi connectivity index (χ4n) is 2.20. The number of ether oxygens (including phenoxy) is 1. The molecule has 24 heavy (non-hydrogen) atoms. The molecule has 0 aliphatic carbocycles. The number of hydrogen-bond acceptors (Lipinski definition) is 4. The van der Waals surface area contributed by atoms with Crippen LogP contribution < -0.4 is 5.32 Å². The molecule has 128 valence electrons. The third-order valence-corrected chi connectivity index (χ3v) is 5.60. The molecule has 0 saturated carbocycles. The van der Waals surface area contributed by atoms with Crippen LogP contribution in [0, 0.1) is 13.8 Å². The second kappa shape index (κ2) is 7.94. The zero-order valence-corrected chi connectivity index (χ0v) is 16.5. The van der Waals surface area contributed by atoms with E-state index in [1.165, 1.54) is 11.3 Å². The highest BCUT2D eigenvalue weighted by molar-refractivity contribution is 9.10. The second-order valence-electron chi connectivity index (χ2n) is 5.59. The smallest absolute Gasteiger partial charge is 0.349 e. The van der Waals surface area contributed by atoms with Crippen molar-refractivity contribution < 1.29 is 14.3 Å². The average molecular weight is 410 g/mol. The first-order valence-electron chi connectivity index (χ1n) is 7.69. The summed E-state index contributed by atoms with van der Waals surface area (Å²) < 4.78 is 6.08. The van der Waals surface area contributed by atoms with E-state index in [-0.39, 0.29) is 5.91 Å². The molecule has 0 fully saturated rings. The number of aryl methyl sites for hydroxylation is 3. The Kier molecular flexibility index (Phi) is 6.18. The molecule has 1 amide bonds. The van der Waals surface area contributed by atoms with E-state index in [1.54, 1.807) is 6.92 Å². The summed E-state index contributed by atoms with van der Waals surface area (Å²) >= 11 is 4.83. The van der Waals surface area contributed by atoms with Crippen LogP contribution in [0.3, 0.4) is 0 Å². The molecular formula is C18H20BrNO3S. The number of nitrogens with one attached hydrogen (secondary N) is 1. The van der Waals surface area contributed by atoms with Crippen molar-refractivity contribution in [2.75, 3.05) is 5.32 Å². The van der Waals surface area contributed by atoms with Gasteiger partial charge < -0.3 is 10.1 Å². The number of carbonyl (C=O) groups excluding carboxylic acids is 2. The Morgan fingerprint density at radius 2 is 2.00 bits per heavy atom. The molecule has 0 bridgehead atoms. The van der Waals surface area contributed by atoms with Crippen LogP contribution >= 0.6 is 27.3 Å². The van der Waals surface area contributed by atoms with Crippen LogP contribution in [0.2, 0.25) is 0 Å². The highest BCUT2D eigenvalue weighted by Crippen LogP contribution is 2.25. The molecule has 1 aromatic heterocycles. The molecular weight excluding hydrogens is 390 g/mol. The molecule has 4 nitrogen and oxygen atoms in total. The summed E-state index contributed by atoms with van der Waals surface area (Å²) in [4.78, 5) is 26.1. The standard InChI is InChI=1S/C18H20BrNO3S/c1-5-15-11(3)9-16(24-15)18(22)23-12(4)17(21)20-14-7-6-10(2)8-13(14)19/h6-9,12H,5H2,1-4H3,(H,20,21)/t12-/m0/s1. The molecule has 2 aromatic rings. The molecule has 0 unspecified atom stereocenters. The van der Waals surface area contributed by atoms with E-state index in [2.05, 4.69) is 21.2 Å². The van der Waals surface area contributed by atoms with Crippen molar-refractivity contribution >= 4 is 44.8 Å². The maximum absolute atomic E-state index is 12.2. The zero-order valence-electron chi connectivity index (χ0n) is 14.1. The van der Waals surface area contributed by atoms with Gasteiger partial charge >= 0.3 is 5.97 Å². The van der Waals surface area contributed by atoms with Gasteiger partial charge in [-0.05, 0) is 72.4 Å². The van der Waals surface area contributed by atoms with Crippen molar-refractivity contribution in [2.45, 2.75) is 40.2 Å². The van der Waals surface area contributed by atoms with E-state index in [1.807, 2.05) is 45.0 Å². The summed E-state index contributed by atoms with van der Waals surface area (Å²) in [7, 11) is 0. The molecule has 0 aliphatic rings. The van der Waals surface area contributed by atoms with E-state index in [9.17, 15) is 9.59 Å². The SMILES string of the molecule is CCc1sc(C(=O)O[C@@H](C)C(=O)Nc2ccc(C)cc2Br)cc1C. The minimum Gasteiger partial charge on any atom is -0.448 e. The fraction of sp³-hybridized carbons (Fsp3) is 0.333.